The average Bonchev–Trinajstić information content (AvgIpc) is 3.14. The van der Waals surface area contributed by atoms with Crippen LogP contribution in [0.15, 0.2) is 30.9 Å². The highest BCUT2D eigenvalue weighted by atomic mass is 19.4. The lowest BCUT2D eigenvalue weighted by Gasteiger charge is -2.16. The van der Waals surface area contributed by atoms with Crippen molar-refractivity contribution in [3.05, 3.63) is 36.4 Å². The minimum Gasteiger partial charge on any atom is -0.466 e. The molecule has 0 aliphatic heterocycles. The number of carbonyl (C=O) groups is 1. The summed E-state index contributed by atoms with van der Waals surface area (Å²) in [6.07, 6.45) is -2.23. The molecule has 0 saturated heterocycles. The highest BCUT2D eigenvalue weighted by Crippen LogP contribution is 2.34. The van der Waals surface area contributed by atoms with E-state index in [0.29, 0.717) is 6.61 Å². The van der Waals surface area contributed by atoms with Crippen molar-refractivity contribution >= 4 is 17.0 Å². The van der Waals surface area contributed by atoms with Crippen LogP contribution in [0.2, 0.25) is 0 Å². The maximum atomic E-state index is 13.3. The molecule has 0 bridgehead atoms. The Kier molecular flexibility index (Phi) is 5.92. The molecular formula is C17H16F3N5O4. The third kappa shape index (κ3) is 4.26. The minimum absolute atomic E-state index is 0.0271. The van der Waals surface area contributed by atoms with Crippen molar-refractivity contribution in [2.45, 2.75) is 19.2 Å². The molecule has 9 nitrogen and oxygen atoms in total. The molecule has 12 heteroatoms. The van der Waals surface area contributed by atoms with E-state index in [1.807, 2.05) is 0 Å². The second-order valence-corrected chi connectivity index (χ2v) is 5.63. The number of fused-ring (bicyclic) bond motifs is 1. The SMILES string of the molecule is CCOCC(Oc1ncnc2c1cnn2-c1ncccc1C(F)(F)F)C(=O)OC. The van der Waals surface area contributed by atoms with Crippen LogP contribution in [-0.2, 0) is 20.4 Å². The fourth-order valence-electron chi connectivity index (χ4n) is 2.50. The molecule has 0 aromatic carbocycles. The van der Waals surface area contributed by atoms with Crippen molar-refractivity contribution < 1.29 is 32.2 Å². The van der Waals surface area contributed by atoms with E-state index >= 15 is 0 Å². The summed E-state index contributed by atoms with van der Waals surface area (Å²) >= 11 is 0. The van der Waals surface area contributed by atoms with Gasteiger partial charge in [-0.05, 0) is 19.1 Å². The number of halogens is 3. The summed E-state index contributed by atoms with van der Waals surface area (Å²) in [6.45, 7) is 1.99. The van der Waals surface area contributed by atoms with Gasteiger partial charge in [-0.25, -0.2) is 19.7 Å². The van der Waals surface area contributed by atoms with Gasteiger partial charge in [0.2, 0.25) is 12.0 Å². The molecule has 1 atom stereocenters. The molecule has 3 rings (SSSR count). The van der Waals surface area contributed by atoms with Crippen LogP contribution in [0.5, 0.6) is 5.88 Å². The zero-order chi connectivity index (χ0) is 21.0. The molecule has 0 spiro atoms. The minimum atomic E-state index is -4.64. The van der Waals surface area contributed by atoms with Crippen LogP contribution in [0, 0.1) is 0 Å². The van der Waals surface area contributed by atoms with E-state index < -0.39 is 29.6 Å². The van der Waals surface area contributed by atoms with Crippen LogP contribution in [0.1, 0.15) is 12.5 Å². The molecule has 3 aromatic rings. The van der Waals surface area contributed by atoms with Gasteiger partial charge in [-0.3, -0.25) is 0 Å². The molecule has 154 valence electrons. The first-order chi connectivity index (χ1) is 13.9. The molecule has 0 saturated carbocycles. The van der Waals surface area contributed by atoms with Crippen molar-refractivity contribution in [2.75, 3.05) is 20.3 Å². The Morgan fingerprint density at radius 3 is 2.76 bits per heavy atom. The molecule has 0 radical (unpaired) electrons. The zero-order valence-electron chi connectivity index (χ0n) is 15.4. The molecule has 3 heterocycles. The van der Waals surface area contributed by atoms with Gasteiger partial charge in [-0.1, -0.05) is 0 Å². The predicted octanol–water partition coefficient (Wildman–Crippen LogP) is 2.19. The smallest absolute Gasteiger partial charge is 0.420 e. The van der Waals surface area contributed by atoms with Gasteiger partial charge in [0.05, 0.1) is 19.9 Å². The number of nitrogens with zero attached hydrogens (tertiary/aromatic N) is 5. The van der Waals surface area contributed by atoms with E-state index in [-0.39, 0.29) is 23.5 Å². The molecule has 0 aliphatic carbocycles. The van der Waals surface area contributed by atoms with Crippen LogP contribution < -0.4 is 4.74 Å². The third-order valence-corrected chi connectivity index (χ3v) is 3.81. The number of esters is 1. The van der Waals surface area contributed by atoms with Crippen molar-refractivity contribution in [1.29, 1.82) is 0 Å². The standard InChI is InChI=1S/C17H16F3N5O4/c1-3-28-8-12(16(26)27-2)29-15-10-7-24-25(13(10)22-9-23-15)14-11(17(18,19)20)5-4-6-21-14/h4-7,9,12H,3,8H2,1-2H3. The topological polar surface area (TPSA) is 101 Å². The van der Waals surface area contributed by atoms with Crippen molar-refractivity contribution in [1.82, 2.24) is 24.7 Å². The van der Waals surface area contributed by atoms with Crippen LogP contribution >= 0.6 is 0 Å². The second kappa shape index (κ2) is 8.39. The Hall–Kier alpha value is -3.28. The number of pyridine rings is 1. The number of alkyl halides is 3. The Morgan fingerprint density at radius 1 is 1.28 bits per heavy atom. The zero-order valence-corrected chi connectivity index (χ0v) is 15.4. The molecule has 0 N–H and O–H groups in total. The summed E-state index contributed by atoms with van der Waals surface area (Å²) in [6, 6.07) is 2.07. The highest BCUT2D eigenvalue weighted by molar-refractivity contribution is 5.82. The third-order valence-electron chi connectivity index (χ3n) is 3.81. The summed E-state index contributed by atoms with van der Waals surface area (Å²) in [5.41, 5.74) is -0.950. The molecule has 1 unspecified atom stereocenters. The summed E-state index contributed by atoms with van der Waals surface area (Å²) in [5, 5.41) is 4.15. The van der Waals surface area contributed by atoms with Gasteiger partial charge in [-0.15, -0.1) is 0 Å². The lowest BCUT2D eigenvalue weighted by atomic mass is 10.2. The Bertz CT molecular complexity index is 1010. The number of aromatic nitrogens is 5. The summed E-state index contributed by atoms with van der Waals surface area (Å²) in [4.78, 5) is 23.7. The van der Waals surface area contributed by atoms with E-state index in [1.54, 1.807) is 6.92 Å². The Balaban J connectivity index is 2.03. The van der Waals surface area contributed by atoms with Crippen LogP contribution in [0.4, 0.5) is 13.2 Å². The van der Waals surface area contributed by atoms with Gasteiger partial charge < -0.3 is 14.2 Å². The van der Waals surface area contributed by atoms with Crippen molar-refractivity contribution in [3.8, 4) is 11.7 Å². The largest absolute Gasteiger partial charge is 0.466 e. The molecule has 0 fully saturated rings. The van der Waals surface area contributed by atoms with Gasteiger partial charge in [0.1, 0.15) is 17.3 Å². The van der Waals surface area contributed by atoms with Gasteiger partial charge in [-0.2, -0.15) is 23.0 Å². The summed E-state index contributed by atoms with van der Waals surface area (Å²) < 4.78 is 56.4. The highest BCUT2D eigenvalue weighted by Gasteiger charge is 2.35. The van der Waals surface area contributed by atoms with Gasteiger partial charge >= 0.3 is 12.1 Å². The number of methoxy groups -OCH3 is 1. The summed E-state index contributed by atoms with van der Waals surface area (Å²) in [7, 11) is 1.19. The number of ether oxygens (including phenoxy) is 3. The van der Waals surface area contributed by atoms with Crippen LogP contribution in [0.3, 0.4) is 0 Å². The molecule has 3 aromatic heterocycles. The Labute approximate surface area is 162 Å². The van der Waals surface area contributed by atoms with Crippen molar-refractivity contribution in [3.63, 3.8) is 0 Å². The fraction of sp³-hybridized carbons (Fsp3) is 0.353. The first-order valence-electron chi connectivity index (χ1n) is 8.40. The van der Waals surface area contributed by atoms with Gasteiger partial charge in [0.15, 0.2) is 11.5 Å². The molecular weight excluding hydrogens is 395 g/mol. The first-order valence-corrected chi connectivity index (χ1v) is 8.40. The number of hydrogen-bond acceptors (Lipinski definition) is 8. The Morgan fingerprint density at radius 2 is 2.07 bits per heavy atom. The van der Waals surface area contributed by atoms with E-state index in [2.05, 4.69) is 24.8 Å². The second-order valence-electron chi connectivity index (χ2n) is 5.63. The predicted molar refractivity (Wildman–Crippen MR) is 92.4 cm³/mol. The van der Waals surface area contributed by atoms with Crippen LogP contribution in [0.25, 0.3) is 16.9 Å². The molecule has 29 heavy (non-hydrogen) atoms. The molecule has 0 amide bonds. The first kappa shape index (κ1) is 20.5. The molecule has 0 aliphatic rings. The van der Waals surface area contributed by atoms with Gasteiger partial charge in [0.25, 0.3) is 0 Å². The van der Waals surface area contributed by atoms with Crippen LogP contribution in [-0.4, -0.2) is 57.1 Å². The van der Waals surface area contributed by atoms with E-state index in [0.717, 1.165) is 17.1 Å². The monoisotopic (exact) mass is 411 g/mol. The average molecular weight is 411 g/mol. The maximum Gasteiger partial charge on any atom is 0.420 e. The van der Waals surface area contributed by atoms with E-state index in [1.165, 1.54) is 25.6 Å². The van der Waals surface area contributed by atoms with Gasteiger partial charge in [0, 0.05) is 12.8 Å². The number of hydrogen-bond donors (Lipinski definition) is 0. The van der Waals surface area contributed by atoms with E-state index in [4.69, 9.17) is 9.47 Å². The lowest BCUT2D eigenvalue weighted by Crippen LogP contribution is -2.33. The van der Waals surface area contributed by atoms with E-state index in [9.17, 15) is 18.0 Å². The summed E-state index contributed by atoms with van der Waals surface area (Å²) in [5.74, 6) is -1.19. The van der Waals surface area contributed by atoms with Crippen molar-refractivity contribution in [2.24, 2.45) is 0 Å². The normalized spacial score (nSPS) is 12.7. The quantitative estimate of drug-likeness (QED) is 0.546. The number of carbonyl (C=O) groups excluding carboxylic acids is 1. The lowest BCUT2D eigenvalue weighted by molar-refractivity contribution is -0.151. The fourth-order valence-corrected chi connectivity index (χ4v) is 2.50. The number of rotatable bonds is 7. The maximum absolute atomic E-state index is 13.3.